The molecule has 1 aromatic heterocycles. The summed E-state index contributed by atoms with van der Waals surface area (Å²) in [5, 5.41) is 14.2. The van der Waals surface area contributed by atoms with Crippen molar-refractivity contribution in [2.24, 2.45) is 13.0 Å². The second kappa shape index (κ2) is 8.33. The Morgan fingerprint density at radius 3 is 2.50 bits per heavy atom. The van der Waals surface area contributed by atoms with E-state index in [1.807, 2.05) is 12.2 Å². The lowest BCUT2D eigenvalue weighted by Crippen LogP contribution is -2.44. The quantitative estimate of drug-likeness (QED) is 0.408. The highest BCUT2D eigenvalue weighted by molar-refractivity contribution is 5.52. The van der Waals surface area contributed by atoms with Crippen molar-refractivity contribution in [3.63, 3.8) is 0 Å². The molecule has 0 saturated carbocycles. The molecule has 1 unspecified atom stereocenters. The molecular formula is C15H25N5O2. The van der Waals surface area contributed by atoms with Gasteiger partial charge in [-0.15, -0.1) is 13.2 Å². The van der Waals surface area contributed by atoms with Crippen molar-refractivity contribution in [1.29, 1.82) is 0 Å². The van der Waals surface area contributed by atoms with Crippen LogP contribution in [0.25, 0.3) is 0 Å². The molecule has 0 bridgehead atoms. The summed E-state index contributed by atoms with van der Waals surface area (Å²) in [5.41, 5.74) is 0. The molecule has 0 spiro atoms. The van der Waals surface area contributed by atoms with Gasteiger partial charge in [0.1, 0.15) is 0 Å². The zero-order valence-corrected chi connectivity index (χ0v) is 13.5. The molecule has 0 radical (unpaired) electrons. The number of hydrogen-bond acceptors (Lipinski definition) is 5. The molecule has 1 rings (SSSR count). The molecule has 1 heterocycles. The minimum absolute atomic E-state index is 0.149. The first-order valence-electron chi connectivity index (χ1n) is 7.27. The summed E-state index contributed by atoms with van der Waals surface area (Å²) < 4.78 is 1.63. The van der Waals surface area contributed by atoms with Crippen LogP contribution in [0, 0.1) is 16.0 Å². The highest BCUT2D eigenvalue weighted by Crippen LogP contribution is 2.22. The Bertz CT molecular complexity index is 514. The molecule has 0 aliphatic rings. The van der Waals surface area contributed by atoms with Gasteiger partial charge in [0.2, 0.25) is 12.1 Å². The van der Waals surface area contributed by atoms with Crippen LogP contribution in [0.3, 0.4) is 0 Å². The average molecular weight is 307 g/mol. The zero-order valence-electron chi connectivity index (χ0n) is 13.5. The maximum Gasteiger partial charge on any atom is 0.406 e. The Hall–Kier alpha value is -2.15. The monoisotopic (exact) mass is 307 g/mol. The fraction of sp³-hybridized carbons (Fsp3) is 0.533. The van der Waals surface area contributed by atoms with Crippen LogP contribution in [0.2, 0.25) is 0 Å². The molecule has 7 nitrogen and oxygen atoms in total. The SMILES string of the molecule is C=CCN(CC=C)C(CNc1c([N+](=O)[O-])ncn1C)C(C)C. The van der Waals surface area contributed by atoms with E-state index in [1.54, 1.807) is 11.6 Å². The second-order valence-corrected chi connectivity index (χ2v) is 5.51. The number of hydrogen-bond donors (Lipinski definition) is 1. The zero-order chi connectivity index (χ0) is 16.7. The number of rotatable bonds is 10. The summed E-state index contributed by atoms with van der Waals surface area (Å²) in [4.78, 5) is 16.6. The number of aromatic nitrogens is 2. The van der Waals surface area contributed by atoms with E-state index in [2.05, 4.69) is 42.2 Å². The van der Waals surface area contributed by atoms with E-state index in [0.717, 1.165) is 13.1 Å². The normalized spacial score (nSPS) is 12.4. The second-order valence-electron chi connectivity index (χ2n) is 5.51. The molecule has 1 atom stereocenters. The molecule has 0 aromatic carbocycles. The van der Waals surface area contributed by atoms with Crippen LogP contribution in [-0.4, -0.2) is 45.1 Å². The lowest BCUT2D eigenvalue weighted by Gasteiger charge is -2.33. The van der Waals surface area contributed by atoms with Crippen LogP contribution < -0.4 is 5.32 Å². The van der Waals surface area contributed by atoms with E-state index in [0.29, 0.717) is 18.3 Å². The molecular weight excluding hydrogens is 282 g/mol. The lowest BCUT2D eigenvalue weighted by molar-refractivity contribution is -0.388. The van der Waals surface area contributed by atoms with E-state index >= 15 is 0 Å². The van der Waals surface area contributed by atoms with Crippen LogP contribution in [-0.2, 0) is 7.05 Å². The summed E-state index contributed by atoms with van der Waals surface area (Å²) in [6, 6.07) is 0.200. The van der Waals surface area contributed by atoms with E-state index < -0.39 is 4.92 Å². The van der Waals surface area contributed by atoms with Gasteiger partial charge in [-0.05, 0) is 15.8 Å². The molecule has 122 valence electrons. The number of aryl methyl sites for hydroxylation is 1. The Morgan fingerprint density at radius 1 is 1.45 bits per heavy atom. The third-order valence-electron chi connectivity index (χ3n) is 3.54. The first-order valence-corrected chi connectivity index (χ1v) is 7.27. The van der Waals surface area contributed by atoms with E-state index in [-0.39, 0.29) is 11.9 Å². The number of nitrogens with zero attached hydrogens (tertiary/aromatic N) is 4. The van der Waals surface area contributed by atoms with Crippen LogP contribution in [0.5, 0.6) is 0 Å². The molecule has 1 N–H and O–H groups in total. The predicted molar refractivity (Wildman–Crippen MR) is 88.9 cm³/mol. The first-order chi connectivity index (χ1) is 10.4. The number of nitrogens with one attached hydrogen (secondary N) is 1. The minimum atomic E-state index is -0.474. The molecule has 0 fully saturated rings. The van der Waals surface area contributed by atoms with Gasteiger partial charge in [0, 0.05) is 32.7 Å². The largest absolute Gasteiger partial charge is 0.406 e. The maximum atomic E-state index is 11.0. The summed E-state index contributed by atoms with van der Waals surface area (Å²) >= 11 is 0. The third kappa shape index (κ3) is 4.42. The van der Waals surface area contributed by atoms with Crippen LogP contribution in [0.1, 0.15) is 13.8 Å². The smallest absolute Gasteiger partial charge is 0.363 e. The highest BCUT2D eigenvalue weighted by atomic mass is 16.6. The van der Waals surface area contributed by atoms with Crippen molar-refractivity contribution < 1.29 is 4.92 Å². The van der Waals surface area contributed by atoms with Crippen molar-refractivity contribution in [3.8, 4) is 0 Å². The minimum Gasteiger partial charge on any atom is -0.363 e. The van der Waals surface area contributed by atoms with Crippen molar-refractivity contribution >= 4 is 11.6 Å². The van der Waals surface area contributed by atoms with Crippen molar-refractivity contribution in [3.05, 3.63) is 41.8 Å². The fourth-order valence-corrected chi connectivity index (χ4v) is 2.42. The van der Waals surface area contributed by atoms with Gasteiger partial charge in [-0.1, -0.05) is 26.0 Å². The fourth-order valence-electron chi connectivity index (χ4n) is 2.42. The molecule has 0 amide bonds. The van der Waals surface area contributed by atoms with Gasteiger partial charge in [-0.25, -0.2) is 0 Å². The summed E-state index contributed by atoms with van der Waals surface area (Å²) in [5.74, 6) is 0.650. The topological polar surface area (TPSA) is 76.2 Å². The molecule has 1 aromatic rings. The van der Waals surface area contributed by atoms with Gasteiger partial charge in [0.25, 0.3) is 0 Å². The van der Waals surface area contributed by atoms with Crippen molar-refractivity contribution in [1.82, 2.24) is 14.5 Å². The van der Waals surface area contributed by atoms with Crippen molar-refractivity contribution in [2.75, 3.05) is 25.0 Å². The van der Waals surface area contributed by atoms with E-state index in [9.17, 15) is 10.1 Å². The molecule has 0 saturated heterocycles. The average Bonchev–Trinajstić information content (AvgIpc) is 2.80. The Morgan fingerprint density at radius 2 is 2.05 bits per heavy atom. The Labute approximate surface area is 131 Å². The van der Waals surface area contributed by atoms with Gasteiger partial charge < -0.3 is 15.4 Å². The van der Waals surface area contributed by atoms with Gasteiger partial charge >= 0.3 is 5.82 Å². The summed E-state index contributed by atoms with van der Waals surface area (Å²) in [6.45, 7) is 13.9. The van der Waals surface area contributed by atoms with E-state index in [1.165, 1.54) is 6.33 Å². The standard InChI is InChI=1S/C15H25N5O2/c1-6-8-19(9-7-2)13(12(3)4)10-16-14-15(20(21)22)17-11-18(14)5/h6-7,11-13,16H,1-2,8-10H2,3-5H3. The predicted octanol–water partition coefficient (Wildman–Crippen LogP) is 2.44. The van der Waals surface area contributed by atoms with Gasteiger partial charge in [-0.2, -0.15) is 0 Å². The van der Waals surface area contributed by atoms with Crippen LogP contribution in [0.4, 0.5) is 11.6 Å². The number of nitro groups is 1. The Kier molecular flexibility index (Phi) is 6.78. The maximum absolute atomic E-state index is 11.0. The van der Waals surface area contributed by atoms with Gasteiger partial charge in [-0.3, -0.25) is 9.47 Å². The third-order valence-corrected chi connectivity index (χ3v) is 3.54. The Balaban J connectivity index is 2.88. The summed E-state index contributed by atoms with van der Waals surface area (Å²) in [6.07, 6.45) is 5.15. The molecule has 0 aliphatic carbocycles. The van der Waals surface area contributed by atoms with Crippen LogP contribution >= 0.6 is 0 Å². The van der Waals surface area contributed by atoms with Crippen molar-refractivity contribution in [2.45, 2.75) is 19.9 Å². The molecule has 0 aliphatic heterocycles. The number of imidazole rings is 1. The highest BCUT2D eigenvalue weighted by Gasteiger charge is 2.24. The number of anilines is 1. The molecule has 22 heavy (non-hydrogen) atoms. The lowest BCUT2D eigenvalue weighted by atomic mass is 10.0. The van der Waals surface area contributed by atoms with Gasteiger partial charge in [0.05, 0.1) is 0 Å². The summed E-state index contributed by atoms with van der Waals surface area (Å²) in [7, 11) is 1.73. The first kappa shape index (κ1) is 17.9. The van der Waals surface area contributed by atoms with Crippen LogP contribution in [0.15, 0.2) is 31.6 Å². The molecule has 7 heteroatoms. The van der Waals surface area contributed by atoms with Gasteiger partial charge in [0.15, 0.2) is 0 Å². The van der Waals surface area contributed by atoms with E-state index in [4.69, 9.17) is 0 Å².